The van der Waals surface area contributed by atoms with Crippen LogP contribution in [0.4, 0.5) is 0 Å². The first-order valence-corrected chi connectivity index (χ1v) is 11.6. The summed E-state index contributed by atoms with van der Waals surface area (Å²) in [6.07, 6.45) is 9.87. The number of aromatic hydroxyl groups is 1. The molecule has 0 spiro atoms. The first kappa shape index (κ1) is 28.7. The number of benzene rings is 1. The second-order valence-corrected chi connectivity index (χ2v) is 9.67. The SMILES string of the molecule is COc1cc(C)c(O)c(CC=C(C)C[C@@H](O)C=C(C)CCC[C@@H](C)C(=O)C=CC(C)(C)O)c1. The van der Waals surface area contributed by atoms with Gasteiger partial charge in [0, 0.05) is 11.5 Å². The van der Waals surface area contributed by atoms with E-state index in [2.05, 4.69) is 0 Å². The molecule has 3 N–H and O–H groups in total. The Hall–Kier alpha value is -2.37. The van der Waals surface area contributed by atoms with Crippen LogP contribution < -0.4 is 4.74 Å². The van der Waals surface area contributed by atoms with Crippen molar-refractivity contribution in [2.24, 2.45) is 5.92 Å². The van der Waals surface area contributed by atoms with Crippen molar-refractivity contribution in [3.63, 3.8) is 0 Å². The van der Waals surface area contributed by atoms with Crippen molar-refractivity contribution in [3.8, 4) is 11.5 Å². The number of aliphatic hydroxyl groups is 2. The molecule has 5 heteroatoms. The number of allylic oxidation sites excluding steroid dienone is 3. The summed E-state index contributed by atoms with van der Waals surface area (Å²) in [4.78, 5) is 12.1. The van der Waals surface area contributed by atoms with E-state index in [-0.39, 0.29) is 17.5 Å². The largest absolute Gasteiger partial charge is 0.507 e. The molecule has 0 aliphatic heterocycles. The number of ketones is 1. The smallest absolute Gasteiger partial charge is 0.158 e. The van der Waals surface area contributed by atoms with E-state index in [4.69, 9.17) is 4.74 Å². The van der Waals surface area contributed by atoms with Crippen LogP contribution in [0.5, 0.6) is 11.5 Å². The summed E-state index contributed by atoms with van der Waals surface area (Å²) in [6, 6.07) is 3.63. The number of ether oxygens (including phenoxy) is 1. The lowest BCUT2D eigenvalue weighted by Crippen LogP contribution is -2.16. The maximum Gasteiger partial charge on any atom is 0.158 e. The molecule has 5 nitrogen and oxygen atoms in total. The third-order valence-corrected chi connectivity index (χ3v) is 5.62. The van der Waals surface area contributed by atoms with Gasteiger partial charge in [-0.05, 0) is 90.5 Å². The fourth-order valence-electron chi connectivity index (χ4n) is 3.54. The number of aryl methyl sites for hydroxylation is 1. The van der Waals surface area contributed by atoms with Crippen molar-refractivity contribution in [2.75, 3.05) is 7.11 Å². The summed E-state index contributed by atoms with van der Waals surface area (Å²) in [5.74, 6) is 0.925. The molecule has 0 heterocycles. The predicted molar refractivity (Wildman–Crippen MR) is 135 cm³/mol. The molecular formula is C28H42O5. The van der Waals surface area contributed by atoms with Crippen molar-refractivity contribution < 1.29 is 24.9 Å². The molecular weight excluding hydrogens is 416 g/mol. The summed E-state index contributed by atoms with van der Waals surface area (Å²) in [5, 5.41) is 30.4. The van der Waals surface area contributed by atoms with Crippen LogP contribution in [-0.4, -0.2) is 39.9 Å². The highest BCUT2D eigenvalue weighted by molar-refractivity contribution is 5.91. The third-order valence-electron chi connectivity index (χ3n) is 5.62. The second-order valence-electron chi connectivity index (χ2n) is 9.67. The molecule has 0 bridgehead atoms. The van der Waals surface area contributed by atoms with Gasteiger partial charge in [0.25, 0.3) is 0 Å². The van der Waals surface area contributed by atoms with Crippen molar-refractivity contribution in [1.82, 2.24) is 0 Å². The molecule has 0 aromatic heterocycles. The van der Waals surface area contributed by atoms with Gasteiger partial charge in [0.05, 0.1) is 18.8 Å². The molecule has 1 aromatic carbocycles. The molecule has 0 fully saturated rings. The highest BCUT2D eigenvalue weighted by Crippen LogP contribution is 2.28. The van der Waals surface area contributed by atoms with Crippen LogP contribution in [0.3, 0.4) is 0 Å². The molecule has 0 saturated heterocycles. The molecule has 0 aliphatic rings. The van der Waals surface area contributed by atoms with Gasteiger partial charge in [0.1, 0.15) is 11.5 Å². The van der Waals surface area contributed by atoms with Crippen LogP contribution in [0.2, 0.25) is 0 Å². The van der Waals surface area contributed by atoms with E-state index < -0.39 is 11.7 Å². The van der Waals surface area contributed by atoms with E-state index in [9.17, 15) is 20.1 Å². The summed E-state index contributed by atoms with van der Waals surface area (Å²) in [7, 11) is 1.61. The Labute approximate surface area is 199 Å². The lowest BCUT2D eigenvalue weighted by molar-refractivity contribution is -0.118. The molecule has 0 amide bonds. The second kappa shape index (κ2) is 13.4. The molecule has 0 saturated carbocycles. The summed E-state index contributed by atoms with van der Waals surface area (Å²) < 4.78 is 5.28. The van der Waals surface area contributed by atoms with Crippen LogP contribution in [-0.2, 0) is 11.2 Å². The Bertz CT molecular complexity index is 871. The number of phenolic OH excluding ortho intramolecular Hbond substituents is 1. The molecule has 33 heavy (non-hydrogen) atoms. The third kappa shape index (κ3) is 11.4. The van der Waals surface area contributed by atoms with Gasteiger partial charge >= 0.3 is 0 Å². The van der Waals surface area contributed by atoms with E-state index in [0.29, 0.717) is 18.6 Å². The van der Waals surface area contributed by atoms with Gasteiger partial charge in [-0.2, -0.15) is 0 Å². The van der Waals surface area contributed by atoms with Crippen LogP contribution in [0, 0.1) is 12.8 Å². The Morgan fingerprint density at radius 3 is 2.48 bits per heavy atom. The fourth-order valence-corrected chi connectivity index (χ4v) is 3.54. The van der Waals surface area contributed by atoms with Gasteiger partial charge in [0.2, 0.25) is 0 Å². The highest BCUT2D eigenvalue weighted by Gasteiger charge is 2.13. The predicted octanol–water partition coefficient (Wildman–Crippen LogP) is 5.60. The molecule has 1 aromatic rings. The Morgan fingerprint density at radius 1 is 1.21 bits per heavy atom. The number of phenols is 1. The first-order valence-electron chi connectivity index (χ1n) is 11.6. The summed E-state index contributed by atoms with van der Waals surface area (Å²) >= 11 is 0. The number of aliphatic hydroxyl groups excluding tert-OH is 1. The fraction of sp³-hybridized carbons (Fsp3) is 0.536. The monoisotopic (exact) mass is 458 g/mol. The van der Waals surface area contributed by atoms with Crippen molar-refractivity contribution in [3.05, 3.63) is 58.7 Å². The number of carbonyl (C=O) groups excluding carboxylic acids is 1. The quantitative estimate of drug-likeness (QED) is 0.265. The van der Waals surface area contributed by atoms with Gasteiger partial charge < -0.3 is 20.1 Å². The summed E-state index contributed by atoms with van der Waals surface area (Å²) in [6.45, 7) is 11.0. The lowest BCUT2D eigenvalue weighted by Gasteiger charge is -2.12. The number of methoxy groups -OCH3 is 1. The number of hydrogen-bond donors (Lipinski definition) is 3. The molecule has 0 unspecified atom stereocenters. The molecule has 1 rings (SSSR count). The molecule has 0 radical (unpaired) electrons. The minimum Gasteiger partial charge on any atom is -0.507 e. The molecule has 2 atom stereocenters. The van der Waals surface area contributed by atoms with Crippen LogP contribution >= 0.6 is 0 Å². The average molecular weight is 459 g/mol. The Morgan fingerprint density at radius 2 is 1.88 bits per heavy atom. The van der Waals surface area contributed by atoms with E-state index >= 15 is 0 Å². The van der Waals surface area contributed by atoms with E-state index in [1.165, 1.54) is 12.2 Å². The van der Waals surface area contributed by atoms with Gasteiger partial charge in [0.15, 0.2) is 5.78 Å². The maximum atomic E-state index is 12.1. The lowest BCUT2D eigenvalue weighted by atomic mass is 9.95. The van der Waals surface area contributed by atoms with Gasteiger partial charge in [-0.15, -0.1) is 0 Å². The zero-order valence-electron chi connectivity index (χ0n) is 21.3. The van der Waals surface area contributed by atoms with Crippen LogP contribution in [0.25, 0.3) is 0 Å². The molecule has 184 valence electrons. The van der Waals surface area contributed by atoms with Gasteiger partial charge in [-0.3, -0.25) is 4.79 Å². The van der Waals surface area contributed by atoms with E-state index in [0.717, 1.165) is 41.5 Å². The average Bonchev–Trinajstić information content (AvgIpc) is 2.71. The van der Waals surface area contributed by atoms with Crippen molar-refractivity contribution >= 4 is 5.78 Å². The van der Waals surface area contributed by atoms with Crippen molar-refractivity contribution in [2.45, 2.75) is 85.4 Å². The number of carbonyl (C=O) groups is 1. The van der Waals surface area contributed by atoms with E-state index in [1.54, 1.807) is 27.0 Å². The van der Waals surface area contributed by atoms with Crippen LogP contribution in [0.1, 0.15) is 71.4 Å². The number of rotatable bonds is 13. The van der Waals surface area contributed by atoms with Gasteiger partial charge in [-0.25, -0.2) is 0 Å². The first-order chi connectivity index (χ1) is 15.3. The normalized spacial score (nSPS) is 15.1. The summed E-state index contributed by atoms with van der Waals surface area (Å²) in [5.41, 5.74) is 2.74. The standard InChI is InChI=1S/C28H42O5/c1-19(9-8-10-21(3)26(30)13-14-28(5,6)32)15-24(29)16-20(2)11-12-23-18-25(33-7)17-22(4)27(23)31/h11,13-15,17-18,21,24,29,31-32H,8-10,12,16H2,1-7H3/t21-,24+/m1/s1. The van der Waals surface area contributed by atoms with Gasteiger partial charge in [-0.1, -0.05) is 36.3 Å². The highest BCUT2D eigenvalue weighted by atomic mass is 16.5. The minimum absolute atomic E-state index is 0.0248. The minimum atomic E-state index is -0.981. The number of hydrogen-bond acceptors (Lipinski definition) is 5. The maximum absolute atomic E-state index is 12.1. The zero-order valence-corrected chi connectivity index (χ0v) is 21.3. The zero-order chi connectivity index (χ0) is 25.2. The molecule has 0 aliphatic carbocycles. The van der Waals surface area contributed by atoms with Crippen molar-refractivity contribution in [1.29, 1.82) is 0 Å². The topological polar surface area (TPSA) is 87.0 Å². The Balaban J connectivity index is 2.54. The van der Waals surface area contributed by atoms with E-state index in [1.807, 2.05) is 45.9 Å². The van der Waals surface area contributed by atoms with Crippen LogP contribution in [0.15, 0.2) is 47.6 Å². The Kier molecular flexibility index (Phi) is 11.6.